The second-order valence-corrected chi connectivity index (χ2v) is 18.7. The number of hydrogen-bond donors (Lipinski definition) is 0. The Hall–Kier alpha value is -9.22. The number of carbonyl (C=O) groups is 4. The average Bonchev–Trinajstić information content (AvgIpc) is 4.31. The van der Waals surface area contributed by atoms with E-state index in [2.05, 4.69) is 66.7 Å². The van der Waals surface area contributed by atoms with Crippen LogP contribution in [-0.2, 0) is 18.9 Å². The van der Waals surface area contributed by atoms with Crippen molar-refractivity contribution in [2.45, 2.75) is 39.5 Å². The van der Waals surface area contributed by atoms with E-state index in [1.54, 1.807) is 61.2 Å². The van der Waals surface area contributed by atoms with Gasteiger partial charge in [0, 0.05) is 11.8 Å². The van der Waals surface area contributed by atoms with Crippen LogP contribution < -0.4 is 14.2 Å². The van der Waals surface area contributed by atoms with E-state index in [0.29, 0.717) is 39.5 Å². The third-order valence-electron chi connectivity index (χ3n) is 14.6. The SMILES string of the molecule is CCOC(=O)c1cc(C(=O)OCC)c2ccc(C(c3ccc4ccc(OC)ccc3-4)c3cc(C(c4ccc5c(C(=O)OCC)cc(C(=O)OCC)c-5cc4)c4ccc5ccc(OC)ccc4-5)c4ccc(OC)ccc3-4)ccc1-2. The summed E-state index contributed by atoms with van der Waals surface area (Å²) in [5.41, 5.74) is 14.8. The zero-order valence-electron chi connectivity index (χ0n) is 44.6. The molecule has 0 amide bonds. The van der Waals surface area contributed by atoms with Crippen LogP contribution in [0.5, 0.6) is 17.2 Å². The third kappa shape index (κ3) is 9.68. The van der Waals surface area contributed by atoms with Gasteiger partial charge in [-0.05, 0) is 165 Å². The molecule has 11 heteroatoms. The quantitative estimate of drug-likeness (QED) is 0.0637. The summed E-state index contributed by atoms with van der Waals surface area (Å²) in [6.07, 6.45) is 0. The summed E-state index contributed by atoms with van der Waals surface area (Å²) in [4.78, 5) is 54.5. The minimum Gasteiger partial charge on any atom is -0.497 e. The summed E-state index contributed by atoms with van der Waals surface area (Å²) in [6, 6.07) is 53.9. The van der Waals surface area contributed by atoms with Crippen LogP contribution in [0, 0.1) is 0 Å². The zero-order valence-corrected chi connectivity index (χ0v) is 44.6. The van der Waals surface area contributed by atoms with Crippen LogP contribution in [0.3, 0.4) is 0 Å². The first kappa shape index (κ1) is 52.2. The largest absolute Gasteiger partial charge is 0.497 e. The van der Waals surface area contributed by atoms with Crippen molar-refractivity contribution < 1.29 is 52.3 Å². The lowest BCUT2D eigenvalue weighted by molar-refractivity contribution is 0.0511. The summed E-state index contributed by atoms with van der Waals surface area (Å²) in [5.74, 6) is -1.06. The van der Waals surface area contributed by atoms with Gasteiger partial charge in [0.2, 0.25) is 0 Å². The number of fused-ring (bicyclic) bond motifs is 5. The molecular formula is C67H58O11. The number of hydrogen-bond acceptors (Lipinski definition) is 11. The van der Waals surface area contributed by atoms with Crippen molar-refractivity contribution in [3.63, 3.8) is 0 Å². The van der Waals surface area contributed by atoms with Gasteiger partial charge in [0.05, 0.1) is 70.0 Å². The molecule has 2 unspecified atom stereocenters. The Morgan fingerprint density at radius 2 is 0.577 bits per heavy atom. The van der Waals surface area contributed by atoms with E-state index in [0.717, 1.165) is 66.8 Å². The van der Waals surface area contributed by atoms with Gasteiger partial charge in [-0.15, -0.1) is 0 Å². The molecule has 0 saturated heterocycles. The van der Waals surface area contributed by atoms with E-state index in [1.807, 2.05) is 84.9 Å². The van der Waals surface area contributed by atoms with Gasteiger partial charge in [0.25, 0.3) is 0 Å². The van der Waals surface area contributed by atoms with E-state index in [4.69, 9.17) is 33.2 Å². The molecule has 0 heterocycles. The molecular weight excluding hydrogens is 981 g/mol. The minimum atomic E-state index is -0.542. The molecule has 0 spiro atoms. The third-order valence-corrected chi connectivity index (χ3v) is 14.6. The number of carbonyl (C=O) groups excluding carboxylic acids is 4. The van der Waals surface area contributed by atoms with E-state index < -0.39 is 35.7 Å². The molecule has 10 aliphatic carbocycles. The predicted molar refractivity (Wildman–Crippen MR) is 301 cm³/mol. The Morgan fingerprint density at radius 1 is 0.308 bits per heavy atom. The molecule has 0 saturated carbocycles. The molecule has 0 N–H and O–H groups in total. The van der Waals surface area contributed by atoms with Gasteiger partial charge in [-0.2, -0.15) is 0 Å². The summed E-state index contributed by atoms with van der Waals surface area (Å²) < 4.78 is 39.5. The molecule has 0 aromatic rings. The van der Waals surface area contributed by atoms with Crippen LogP contribution in [0.1, 0.15) is 114 Å². The van der Waals surface area contributed by atoms with E-state index >= 15 is 0 Å². The maximum Gasteiger partial charge on any atom is 0.338 e. The normalized spacial score (nSPS) is 12.1. The summed E-state index contributed by atoms with van der Waals surface area (Å²) in [6.45, 7) is 7.62. The first-order chi connectivity index (χ1) is 38.0. The molecule has 0 bridgehead atoms. The highest BCUT2D eigenvalue weighted by Gasteiger charge is 2.34. The Morgan fingerprint density at radius 3 is 0.872 bits per heavy atom. The first-order valence-corrected chi connectivity index (χ1v) is 26.1. The maximum absolute atomic E-state index is 13.6. The van der Waals surface area contributed by atoms with Crippen molar-refractivity contribution in [3.05, 3.63) is 219 Å². The number of ether oxygens (including phenoxy) is 7. The van der Waals surface area contributed by atoms with Crippen LogP contribution in [-0.4, -0.2) is 71.6 Å². The highest BCUT2D eigenvalue weighted by molar-refractivity contribution is 6.09. The van der Waals surface area contributed by atoms with Gasteiger partial charge in [0.1, 0.15) is 17.2 Å². The Bertz CT molecular complexity index is 3360. The van der Waals surface area contributed by atoms with Crippen molar-refractivity contribution >= 4 is 23.9 Å². The maximum atomic E-state index is 13.6. The highest BCUT2D eigenvalue weighted by Crippen LogP contribution is 2.52. The monoisotopic (exact) mass is 1040 g/mol. The van der Waals surface area contributed by atoms with Crippen molar-refractivity contribution in [1.29, 1.82) is 0 Å². The van der Waals surface area contributed by atoms with Gasteiger partial charge in [-0.3, -0.25) is 0 Å². The van der Waals surface area contributed by atoms with Crippen molar-refractivity contribution in [1.82, 2.24) is 0 Å². The fraction of sp³-hybridized carbons (Fsp3) is 0.194. The Labute approximate surface area is 453 Å². The predicted octanol–water partition coefficient (Wildman–Crippen LogP) is 14.3. The molecule has 10 rings (SSSR count). The van der Waals surface area contributed by atoms with Gasteiger partial charge < -0.3 is 33.2 Å². The lowest BCUT2D eigenvalue weighted by Crippen LogP contribution is -2.05. The van der Waals surface area contributed by atoms with Crippen molar-refractivity contribution in [2.75, 3.05) is 47.8 Å². The van der Waals surface area contributed by atoms with Gasteiger partial charge >= 0.3 is 23.9 Å². The minimum absolute atomic E-state index is 0.157. The molecule has 0 radical (unpaired) electrons. The topological polar surface area (TPSA) is 133 Å². The standard InChI is InChI=1S/C67H58O11/c1-8-75-64(68)58-37-59(65(69)76-9-2)51-27-17-41(16-26-50(51)58)62(54-30-14-39-12-20-43(72-5)22-32-46(39)54)56-36-57(49-35-25-45(74-7)24-34-48(49)56)63(55-31-15-40-13-21-44(73-6)23-33-47(40)55)42-18-28-52-53(29-19-42)61(67(71)78-11-4)38-60(52)66(70)77-10-3/h12-38,62-63H,8-11H2,1-7H3. The lowest BCUT2D eigenvalue weighted by atomic mass is 9.83. The van der Waals surface area contributed by atoms with E-state index in [9.17, 15) is 19.2 Å². The summed E-state index contributed by atoms with van der Waals surface area (Å²) >= 11 is 0. The fourth-order valence-electron chi connectivity index (χ4n) is 11.0. The first-order valence-electron chi connectivity index (χ1n) is 26.1. The molecule has 392 valence electrons. The molecule has 10 aliphatic rings. The van der Waals surface area contributed by atoms with Crippen molar-refractivity contribution in [2.24, 2.45) is 0 Å². The molecule has 2 atom stereocenters. The van der Waals surface area contributed by atoms with Gasteiger partial charge in [-0.25, -0.2) is 19.2 Å². The van der Waals surface area contributed by atoms with Crippen LogP contribution in [0.25, 0.3) is 55.6 Å². The summed E-state index contributed by atoms with van der Waals surface area (Å²) in [5, 5.41) is 0. The Balaban J connectivity index is 1.29. The van der Waals surface area contributed by atoms with E-state index in [1.165, 1.54) is 0 Å². The zero-order chi connectivity index (χ0) is 54.6. The smallest absolute Gasteiger partial charge is 0.338 e. The van der Waals surface area contributed by atoms with E-state index in [-0.39, 0.29) is 48.7 Å². The van der Waals surface area contributed by atoms with Crippen molar-refractivity contribution in [3.8, 4) is 72.9 Å². The van der Waals surface area contributed by atoms with Crippen LogP contribution in [0.15, 0.2) is 164 Å². The average molecular weight is 1040 g/mol. The van der Waals surface area contributed by atoms with Crippen LogP contribution in [0.4, 0.5) is 0 Å². The molecule has 78 heavy (non-hydrogen) atoms. The summed E-state index contributed by atoms with van der Waals surface area (Å²) in [7, 11) is 4.95. The molecule has 0 aromatic carbocycles. The molecule has 11 nitrogen and oxygen atoms in total. The highest BCUT2D eigenvalue weighted by atomic mass is 16.5. The second kappa shape index (κ2) is 22.5. The van der Waals surface area contributed by atoms with Gasteiger partial charge in [-0.1, -0.05) is 115 Å². The van der Waals surface area contributed by atoms with Crippen LogP contribution in [0.2, 0.25) is 0 Å². The fourth-order valence-corrected chi connectivity index (χ4v) is 11.0. The second-order valence-electron chi connectivity index (χ2n) is 18.7. The lowest BCUT2D eigenvalue weighted by Gasteiger charge is -2.19. The van der Waals surface area contributed by atoms with Gasteiger partial charge in [0.15, 0.2) is 0 Å². The number of esters is 4. The Kier molecular flexibility index (Phi) is 15.1. The van der Waals surface area contributed by atoms with Crippen LogP contribution >= 0.6 is 0 Å². The molecule has 0 aliphatic heterocycles. The number of methoxy groups -OCH3 is 3. The molecule has 0 aromatic heterocycles. The molecule has 0 fully saturated rings. The number of rotatable bonds is 17.